The van der Waals surface area contributed by atoms with Gasteiger partial charge in [-0.25, -0.2) is 9.69 Å². The van der Waals surface area contributed by atoms with E-state index < -0.39 is 11.6 Å². The lowest BCUT2D eigenvalue weighted by atomic mass is 9.82. The van der Waals surface area contributed by atoms with Crippen LogP contribution in [-0.4, -0.2) is 49.4 Å². The summed E-state index contributed by atoms with van der Waals surface area (Å²) >= 11 is 0. The highest BCUT2D eigenvalue weighted by molar-refractivity contribution is 6.07. The minimum absolute atomic E-state index is 0.00646. The number of hydrogen-bond acceptors (Lipinski definition) is 4. The second-order valence-corrected chi connectivity index (χ2v) is 6.17. The number of carbonyl (C=O) groups excluding carboxylic acids is 2. The molecule has 1 aliphatic heterocycles. The van der Waals surface area contributed by atoms with Crippen molar-refractivity contribution in [3.05, 3.63) is 71.8 Å². The van der Waals surface area contributed by atoms with Gasteiger partial charge >= 0.3 is 6.03 Å². The van der Waals surface area contributed by atoms with E-state index in [0.717, 1.165) is 16.0 Å². The van der Waals surface area contributed by atoms with Gasteiger partial charge in [0.05, 0.1) is 0 Å². The third kappa shape index (κ3) is 2.98. The quantitative estimate of drug-likeness (QED) is 0.717. The molecule has 3 rings (SSSR count). The molecule has 1 heterocycles. The molecule has 0 radical (unpaired) electrons. The molecule has 0 saturated carbocycles. The van der Waals surface area contributed by atoms with Crippen molar-refractivity contribution in [1.82, 2.24) is 9.80 Å². The number of benzene rings is 2. The largest absolute Gasteiger partial charge is 0.364 e. The number of methoxy groups -OCH3 is 2. The van der Waals surface area contributed by atoms with Crippen LogP contribution in [0.1, 0.15) is 11.1 Å². The van der Waals surface area contributed by atoms with Crippen LogP contribution in [0.15, 0.2) is 60.7 Å². The van der Waals surface area contributed by atoms with E-state index >= 15 is 0 Å². The van der Waals surface area contributed by atoms with Gasteiger partial charge in [0.2, 0.25) is 0 Å². The topological polar surface area (TPSA) is 59.1 Å². The Bertz CT molecular complexity index is 766. The molecule has 0 aromatic heterocycles. The Hall–Kier alpha value is -2.70. The van der Waals surface area contributed by atoms with Crippen molar-refractivity contribution in [2.75, 3.05) is 27.7 Å². The zero-order valence-electron chi connectivity index (χ0n) is 14.9. The Morgan fingerprint density at radius 3 is 2.00 bits per heavy atom. The third-order valence-corrected chi connectivity index (χ3v) is 4.59. The van der Waals surface area contributed by atoms with Gasteiger partial charge in [-0.15, -0.1) is 0 Å². The summed E-state index contributed by atoms with van der Waals surface area (Å²) in [6, 6.07) is 18.6. The third-order valence-electron chi connectivity index (χ3n) is 4.59. The van der Waals surface area contributed by atoms with Gasteiger partial charge in [0.1, 0.15) is 13.5 Å². The van der Waals surface area contributed by atoms with Crippen LogP contribution in [0.4, 0.5) is 4.79 Å². The molecule has 0 N–H and O–H groups in total. The summed E-state index contributed by atoms with van der Waals surface area (Å²) in [6.45, 7) is -0.0895. The smallest absolute Gasteiger partial charge is 0.331 e. The molecular weight excluding hydrogens is 332 g/mol. The average Bonchev–Trinajstić information content (AvgIpc) is 2.87. The van der Waals surface area contributed by atoms with Crippen LogP contribution in [0.2, 0.25) is 0 Å². The van der Waals surface area contributed by atoms with E-state index in [1.54, 1.807) is 0 Å². The molecule has 2 aromatic rings. The van der Waals surface area contributed by atoms with E-state index in [1.807, 2.05) is 60.7 Å². The summed E-state index contributed by atoms with van der Waals surface area (Å²) < 4.78 is 10.4. The van der Waals surface area contributed by atoms with Gasteiger partial charge in [0.25, 0.3) is 5.91 Å². The van der Waals surface area contributed by atoms with Crippen molar-refractivity contribution < 1.29 is 19.1 Å². The predicted octanol–water partition coefficient (Wildman–Crippen LogP) is 2.60. The Morgan fingerprint density at radius 2 is 1.42 bits per heavy atom. The molecular formula is C20H22N2O4. The standard InChI is InChI=1S/C20H22N2O4/c1-25-14-21-18(23)20(17-11-7-4-8-12-17,22(15-26-2)19(21)24)13-16-9-5-3-6-10-16/h3-12H,13-15H2,1-2H3/t20-/m0/s1. The van der Waals surface area contributed by atoms with Gasteiger partial charge in [0, 0.05) is 20.6 Å². The molecule has 1 saturated heterocycles. The zero-order chi connectivity index (χ0) is 18.6. The monoisotopic (exact) mass is 354 g/mol. The summed E-state index contributed by atoms with van der Waals surface area (Å²) in [5, 5.41) is 0. The molecule has 0 unspecified atom stereocenters. The normalized spacial score (nSPS) is 20.1. The molecule has 0 aliphatic carbocycles. The second-order valence-electron chi connectivity index (χ2n) is 6.17. The maximum absolute atomic E-state index is 13.4. The van der Waals surface area contributed by atoms with Gasteiger partial charge < -0.3 is 9.47 Å². The second kappa shape index (κ2) is 7.68. The van der Waals surface area contributed by atoms with Crippen LogP contribution >= 0.6 is 0 Å². The minimum atomic E-state index is -1.17. The zero-order valence-corrected chi connectivity index (χ0v) is 14.9. The number of urea groups is 1. The lowest BCUT2D eigenvalue weighted by Crippen LogP contribution is -2.49. The first-order valence-corrected chi connectivity index (χ1v) is 8.36. The summed E-state index contributed by atoms with van der Waals surface area (Å²) in [5.41, 5.74) is 0.532. The predicted molar refractivity (Wildman–Crippen MR) is 96.1 cm³/mol. The van der Waals surface area contributed by atoms with Crippen molar-refractivity contribution in [2.24, 2.45) is 0 Å². The Morgan fingerprint density at radius 1 is 0.846 bits per heavy atom. The number of carbonyl (C=O) groups is 2. The van der Waals surface area contributed by atoms with Gasteiger partial charge in [0.15, 0.2) is 5.54 Å². The average molecular weight is 354 g/mol. The molecule has 3 amide bonds. The summed E-state index contributed by atoms with van der Waals surface area (Å²) in [5.74, 6) is -0.309. The van der Waals surface area contributed by atoms with Gasteiger partial charge in [-0.1, -0.05) is 60.7 Å². The Kier molecular flexibility index (Phi) is 5.35. The fourth-order valence-electron chi connectivity index (χ4n) is 3.43. The van der Waals surface area contributed by atoms with Crippen molar-refractivity contribution in [3.63, 3.8) is 0 Å². The number of hydrogen-bond donors (Lipinski definition) is 0. The number of rotatable bonds is 7. The number of ether oxygens (including phenoxy) is 2. The molecule has 1 aliphatic rings. The molecule has 136 valence electrons. The number of amides is 3. The van der Waals surface area contributed by atoms with Gasteiger partial charge in [-0.3, -0.25) is 9.69 Å². The Labute approximate surface area is 152 Å². The van der Waals surface area contributed by atoms with Crippen molar-refractivity contribution in [2.45, 2.75) is 12.0 Å². The highest BCUT2D eigenvalue weighted by atomic mass is 16.5. The van der Waals surface area contributed by atoms with E-state index in [2.05, 4.69) is 0 Å². The highest BCUT2D eigenvalue weighted by Gasteiger charge is 2.58. The lowest BCUT2D eigenvalue weighted by Gasteiger charge is -2.35. The molecule has 6 nitrogen and oxygen atoms in total. The Balaban J connectivity index is 2.16. The van der Waals surface area contributed by atoms with E-state index in [9.17, 15) is 9.59 Å². The van der Waals surface area contributed by atoms with Gasteiger partial charge in [-0.2, -0.15) is 0 Å². The van der Waals surface area contributed by atoms with Crippen LogP contribution in [0.5, 0.6) is 0 Å². The molecule has 2 aromatic carbocycles. The fourth-order valence-corrected chi connectivity index (χ4v) is 3.43. The molecule has 26 heavy (non-hydrogen) atoms. The maximum Gasteiger partial charge on any atom is 0.331 e. The van der Waals surface area contributed by atoms with Crippen LogP contribution in [-0.2, 0) is 26.2 Å². The molecule has 6 heteroatoms. The van der Waals surface area contributed by atoms with Crippen LogP contribution in [0, 0.1) is 0 Å². The van der Waals surface area contributed by atoms with E-state index in [-0.39, 0.29) is 19.4 Å². The fraction of sp³-hybridized carbons (Fsp3) is 0.300. The first-order chi connectivity index (χ1) is 12.6. The van der Waals surface area contributed by atoms with Crippen LogP contribution in [0.3, 0.4) is 0 Å². The summed E-state index contributed by atoms with van der Waals surface area (Å²) in [7, 11) is 2.97. The molecule has 1 fully saturated rings. The molecule has 1 atom stereocenters. The lowest BCUT2D eigenvalue weighted by molar-refractivity contribution is -0.137. The summed E-state index contributed by atoms with van der Waals surface area (Å²) in [6.07, 6.45) is 0.353. The number of nitrogens with zero attached hydrogens (tertiary/aromatic N) is 2. The first kappa shape index (κ1) is 18.1. The van der Waals surface area contributed by atoms with E-state index in [4.69, 9.17) is 9.47 Å². The van der Waals surface area contributed by atoms with Crippen molar-refractivity contribution >= 4 is 11.9 Å². The van der Waals surface area contributed by atoms with Crippen LogP contribution < -0.4 is 0 Å². The summed E-state index contributed by atoms with van der Waals surface area (Å²) in [4.78, 5) is 29.0. The van der Waals surface area contributed by atoms with E-state index in [0.29, 0.717) is 6.42 Å². The van der Waals surface area contributed by atoms with Crippen molar-refractivity contribution in [1.29, 1.82) is 0 Å². The first-order valence-electron chi connectivity index (χ1n) is 8.36. The SMILES string of the molecule is COCN1C(=O)N(COC)[C@@](Cc2ccccc2)(c2ccccc2)C1=O. The maximum atomic E-state index is 13.4. The van der Waals surface area contributed by atoms with Crippen LogP contribution in [0.25, 0.3) is 0 Å². The van der Waals surface area contributed by atoms with Crippen molar-refractivity contribution in [3.8, 4) is 0 Å². The van der Waals surface area contributed by atoms with E-state index in [1.165, 1.54) is 19.1 Å². The van der Waals surface area contributed by atoms with Gasteiger partial charge in [-0.05, 0) is 11.1 Å². The minimum Gasteiger partial charge on any atom is -0.364 e. The molecule has 0 spiro atoms. The highest BCUT2D eigenvalue weighted by Crippen LogP contribution is 2.40. The molecule has 0 bridgehead atoms. The number of imide groups is 1.